The maximum atomic E-state index is 13.8. The third-order valence-electron chi connectivity index (χ3n) is 2.91. The van der Waals surface area contributed by atoms with Gasteiger partial charge in [0.2, 0.25) is 5.95 Å². The van der Waals surface area contributed by atoms with E-state index in [-0.39, 0.29) is 0 Å². The van der Waals surface area contributed by atoms with Gasteiger partial charge in [-0.1, -0.05) is 38.1 Å². The lowest BCUT2D eigenvalue weighted by atomic mass is 10.1. The Labute approximate surface area is 112 Å². The van der Waals surface area contributed by atoms with Gasteiger partial charge in [-0.3, -0.25) is 0 Å². The molecule has 0 radical (unpaired) electrons. The molecule has 0 aliphatic heterocycles. The minimum absolute atomic E-state index is 0.344. The number of benzene rings is 1. The van der Waals surface area contributed by atoms with E-state index in [0.29, 0.717) is 11.6 Å². The van der Waals surface area contributed by atoms with Gasteiger partial charge in [0.05, 0.1) is 6.20 Å². The molecule has 0 aliphatic rings. The second-order valence-corrected chi connectivity index (χ2v) is 4.37. The molecule has 0 saturated heterocycles. The van der Waals surface area contributed by atoms with Gasteiger partial charge in [0, 0.05) is 12.1 Å². The van der Waals surface area contributed by atoms with Crippen LogP contribution in [0.3, 0.4) is 0 Å². The van der Waals surface area contributed by atoms with Crippen LogP contribution in [0.4, 0.5) is 10.3 Å². The first-order valence-electron chi connectivity index (χ1n) is 6.60. The van der Waals surface area contributed by atoms with E-state index in [4.69, 9.17) is 0 Å². The normalized spacial score (nSPS) is 10.5. The van der Waals surface area contributed by atoms with E-state index in [9.17, 15) is 4.39 Å². The van der Waals surface area contributed by atoms with Crippen molar-refractivity contribution in [1.82, 2.24) is 9.97 Å². The summed E-state index contributed by atoms with van der Waals surface area (Å²) in [6.45, 7) is 4.92. The Kier molecular flexibility index (Phi) is 4.44. The monoisotopic (exact) mass is 259 g/mol. The molecule has 19 heavy (non-hydrogen) atoms. The van der Waals surface area contributed by atoms with Crippen LogP contribution in [0.25, 0.3) is 11.3 Å². The SMILES string of the molecule is CCCNc1ncc(F)c(-c2ccc(CC)cc2)n1. The van der Waals surface area contributed by atoms with E-state index in [1.807, 2.05) is 24.3 Å². The van der Waals surface area contributed by atoms with Crippen LogP contribution in [-0.2, 0) is 6.42 Å². The van der Waals surface area contributed by atoms with Crippen LogP contribution in [0.2, 0.25) is 0 Å². The predicted octanol–water partition coefficient (Wildman–Crippen LogP) is 3.67. The summed E-state index contributed by atoms with van der Waals surface area (Å²) >= 11 is 0. The smallest absolute Gasteiger partial charge is 0.223 e. The highest BCUT2D eigenvalue weighted by molar-refractivity contribution is 5.61. The van der Waals surface area contributed by atoms with E-state index in [2.05, 4.69) is 29.1 Å². The van der Waals surface area contributed by atoms with Crippen molar-refractivity contribution in [2.75, 3.05) is 11.9 Å². The number of nitrogens with one attached hydrogen (secondary N) is 1. The number of aryl methyl sites for hydroxylation is 1. The van der Waals surface area contributed by atoms with E-state index < -0.39 is 5.82 Å². The van der Waals surface area contributed by atoms with Crippen LogP contribution in [0.5, 0.6) is 0 Å². The molecule has 0 amide bonds. The number of aromatic nitrogens is 2. The molecule has 0 bridgehead atoms. The molecule has 0 spiro atoms. The lowest BCUT2D eigenvalue weighted by Crippen LogP contribution is -2.05. The number of rotatable bonds is 5. The molecule has 1 heterocycles. The summed E-state index contributed by atoms with van der Waals surface area (Å²) in [4.78, 5) is 8.18. The zero-order chi connectivity index (χ0) is 13.7. The second-order valence-electron chi connectivity index (χ2n) is 4.37. The van der Waals surface area contributed by atoms with Crippen molar-refractivity contribution in [2.45, 2.75) is 26.7 Å². The fourth-order valence-corrected chi connectivity index (χ4v) is 1.79. The van der Waals surface area contributed by atoms with Crippen LogP contribution in [0.1, 0.15) is 25.8 Å². The Morgan fingerprint density at radius 2 is 1.89 bits per heavy atom. The lowest BCUT2D eigenvalue weighted by molar-refractivity contribution is 0.618. The van der Waals surface area contributed by atoms with Gasteiger partial charge >= 0.3 is 0 Å². The van der Waals surface area contributed by atoms with Gasteiger partial charge in [-0.2, -0.15) is 0 Å². The molecule has 3 nitrogen and oxygen atoms in total. The van der Waals surface area contributed by atoms with Crippen molar-refractivity contribution in [1.29, 1.82) is 0 Å². The summed E-state index contributed by atoms with van der Waals surface area (Å²) in [6, 6.07) is 7.79. The van der Waals surface area contributed by atoms with Gasteiger partial charge in [0.25, 0.3) is 0 Å². The predicted molar refractivity (Wildman–Crippen MR) is 75.6 cm³/mol. The number of anilines is 1. The van der Waals surface area contributed by atoms with Crippen molar-refractivity contribution < 1.29 is 4.39 Å². The first-order chi connectivity index (χ1) is 9.24. The van der Waals surface area contributed by atoms with Gasteiger partial charge in [-0.15, -0.1) is 0 Å². The maximum absolute atomic E-state index is 13.8. The van der Waals surface area contributed by atoms with Gasteiger partial charge in [-0.25, -0.2) is 14.4 Å². The number of hydrogen-bond donors (Lipinski definition) is 1. The van der Waals surface area contributed by atoms with Gasteiger partial charge in [0.15, 0.2) is 5.82 Å². The first kappa shape index (κ1) is 13.5. The average Bonchev–Trinajstić information content (AvgIpc) is 2.46. The van der Waals surface area contributed by atoms with Crippen LogP contribution in [0, 0.1) is 5.82 Å². The van der Waals surface area contributed by atoms with Crippen molar-refractivity contribution in [3.8, 4) is 11.3 Å². The molecular formula is C15H18FN3. The Bertz CT molecular complexity index is 538. The third kappa shape index (κ3) is 3.28. The summed E-state index contributed by atoms with van der Waals surface area (Å²) in [5, 5.41) is 3.07. The molecular weight excluding hydrogens is 241 g/mol. The Balaban J connectivity index is 2.31. The standard InChI is InChI=1S/C15H18FN3/c1-3-9-17-15-18-10-13(16)14(19-15)12-7-5-11(4-2)6-8-12/h5-8,10H,3-4,9H2,1-2H3,(H,17,18,19). The van der Waals surface area contributed by atoms with E-state index in [0.717, 1.165) is 24.9 Å². The van der Waals surface area contributed by atoms with Crippen molar-refractivity contribution in [3.05, 3.63) is 41.8 Å². The average molecular weight is 259 g/mol. The largest absolute Gasteiger partial charge is 0.354 e. The fourth-order valence-electron chi connectivity index (χ4n) is 1.79. The molecule has 0 unspecified atom stereocenters. The van der Waals surface area contributed by atoms with Crippen LogP contribution in [0.15, 0.2) is 30.5 Å². The summed E-state index contributed by atoms with van der Waals surface area (Å²) < 4.78 is 13.8. The summed E-state index contributed by atoms with van der Waals surface area (Å²) in [5.74, 6) is 0.0733. The molecule has 100 valence electrons. The highest BCUT2D eigenvalue weighted by Crippen LogP contribution is 2.21. The zero-order valence-electron chi connectivity index (χ0n) is 11.3. The highest BCUT2D eigenvalue weighted by atomic mass is 19.1. The molecule has 2 rings (SSSR count). The van der Waals surface area contributed by atoms with Crippen molar-refractivity contribution >= 4 is 5.95 Å². The van der Waals surface area contributed by atoms with Crippen LogP contribution in [-0.4, -0.2) is 16.5 Å². The topological polar surface area (TPSA) is 37.8 Å². The number of halogens is 1. The Morgan fingerprint density at radius 1 is 1.16 bits per heavy atom. The minimum Gasteiger partial charge on any atom is -0.354 e. The van der Waals surface area contributed by atoms with E-state index >= 15 is 0 Å². The molecule has 0 aliphatic carbocycles. The molecule has 0 atom stereocenters. The first-order valence-corrected chi connectivity index (χ1v) is 6.60. The summed E-state index contributed by atoms with van der Waals surface area (Å²) in [5.41, 5.74) is 2.34. The van der Waals surface area contributed by atoms with E-state index in [1.165, 1.54) is 11.8 Å². The molecule has 1 N–H and O–H groups in total. The highest BCUT2D eigenvalue weighted by Gasteiger charge is 2.09. The Morgan fingerprint density at radius 3 is 2.53 bits per heavy atom. The molecule has 0 fully saturated rings. The van der Waals surface area contributed by atoms with Gasteiger partial charge < -0.3 is 5.32 Å². The van der Waals surface area contributed by atoms with Gasteiger partial charge in [0.1, 0.15) is 5.69 Å². The third-order valence-corrected chi connectivity index (χ3v) is 2.91. The minimum atomic E-state index is -0.397. The number of nitrogens with zero attached hydrogens (tertiary/aromatic N) is 2. The zero-order valence-corrected chi connectivity index (χ0v) is 11.3. The number of hydrogen-bond acceptors (Lipinski definition) is 3. The molecule has 0 saturated carbocycles. The van der Waals surface area contributed by atoms with Crippen molar-refractivity contribution in [3.63, 3.8) is 0 Å². The van der Waals surface area contributed by atoms with Gasteiger partial charge in [-0.05, 0) is 18.4 Å². The maximum Gasteiger partial charge on any atom is 0.223 e. The van der Waals surface area contributed by atoms with Crippen molar-refractivity contribution in [2.24, 2.45) is 0 Å². The van der Waals surface area contributed by atoms with E-state index in [1.54, 1.807) is 0 Å². The molecule has 1 aromatic heterocycles. The van der Waals surface area contributed by atoms with Crippen LogP contribution >= 0.6 is 0 Å². The fraction of sp³-hybridized carbons (Fsp3) is 0.333. The second kappa shape index (κ2) is 6.27. The molecule has 2 aromatic rings. The summed E-state index contributed by atoms with van der Waals surface area (Å²) in [6.07, 6.45) is 3.16. The summed E-state index contributed by atoms with van der Waals surface area (Å²) in [7, 11) is 0. The quantitative estimate of drug-likeness (QED) is 0.890. The Hall–Kier alpha value is -1.97. The molecule has 4 heteroatoms. The molecule has 1 aromatic carbocycles. The van der Waals surface area contributed by atoms with Crippen LogP contribution < -0.4 is 5.32 Å². The lowest BCUT2D eigenvalue weighted by Gasteiger charge is -2.07.